The molecule has 0 unspecified atom stereocenters. The highest BCUT2D eigenvalue weighted by atomic mass is 32.2. The number of hydrogen-bond acceptors (Lipinski definition) is 3. The normalized spacial score (nSPS) is 12.9. The van der Waals surface area contributed by atoms with Crippen molar-refractivity contribution < 1.29 is 13.7 Å². The van der Waals surface area contributed by atoms with E-state index < -0.39 is 10.8 Å². The van der Waals surface area contributed by atoms with Gasteiger partial charge in [-0.05, 0) is 25.1 Å². The van der Waals surface area contributed by atoms with Gasteiger partial charge >= 0.3 is 6.03 Å². The molecule has 0 aromatic heterocycles. The zero-order valence-electron chi connectivity index (χ0n) is 13.8. The highest BCUT2D eigenvalue weighted by Gasteiger charge is 2.14. The molecule has 24 heavy (non-hydrogen) atoms. The fourth-order valence-corrected chi connectivity index (χ4v) is 2.57. The number of para-hydroxylation sites is 2. The lowest BCUT2D eigenvalue weighted by Gasteiger charge is -2.18. The van der Waals surface area contributed by atoms with E-state index in [9.17, 15) is 9.00 Å². The van der Waals surface area contributed by atoms with Crippen molar-refractivity contribution in [3.63, 3.8) is 0 Å². The van der Waals surface area contributed by atoms with Crippen LogP contribution in [0, 0.1) is 0 Å². The SMILES string of the molecule is C[C@H](NC(=O)NCC[S@](C)=O)c1ccccc1Oc1ccccc1. The molecule has 0 heterocycles. The molecule has 0 saturated heterocycles. The molecule has 6 heteroatoms. The van der Waals surface area contributed by atoms with Gasteiger partial charge in [-0.1, -0.05) is 36.4 Å². The molecular weight excluding hydrogens is 324 g/mol. The molecule has 0 saturated carbocycles. The van der Waals surface area contributed by atoms with Crippen molar-refractivity contribution in [2.45, 2.75) is 13.0 Å². The Kier molecular flexibility index (Phi) is 6.81. The van der Waals surface area contributed by atoms with E-state index in [1.807, 2.05) is 61.5 Å². The summed E-state index contributed by atoms with van der Waals surface area (Å²) in [6, 6.07) is 16.6. The van der Waals surface area contributed by atoms with E-state index in [-0.39, 0.29) is 12.1 Å². The number of hydrogen-bond donors (Lipinski definition) is 2. The number of benzene rings is 2. The van der Waals surface area contributed by atoms with Gasteiger partial charge in [0, 0.05) is 34.9 Å². The molecule has 0 aliphatic carbocycles. The molecule has 0 fully saturated rings. The van der Waals surface area contributed by atoms with Gasteiger partial charge in [-0.2, -0.15) is 0 Å². The summed E-state index contributed by atoms with van der Waals surface area (Å²) >= 11 is 0. The molecule has 0 spiro atoms. The maximum absolute atomic E-state index is 11.9. The van der Waals surface area contributed by atoms with Crippen molar-refractivity contribution in [3.05, 3.63) is 60.2 Å². The second-order valence-corrected chi connectivity index (χ2v) is 6.91. The van der Waals surface area contributed by atoms with Crippen molar-refractivity contribution in [3.8, 4) is 11.5 Å². The van der Waals surface area contributed by atoms with Crippen LogP contribution in [0.15, 0.2) is 54.6 Å². The molecule has 0 aliphatic heterocycles. The van der Waals surface area contributed by atoms with Crippen LogP contribution in [0.2, 0.25) is 0 Å². The third kappa shape index (κ3) is 5.70. The second-order valence-electron chi connectivity index (χ2n) is 5.35. The van der Waals surface area contributed by atoms with Gasteiger partial charge in [-0.25, -0.2) is 4.79 Å². The Labute approximate surface area is 144 Å². The van der Waals surface area contributed by atoms with E-state index in [1.165, 1.54) is 0 Å². The lowest BCUT2D eigenvalue weighted by Crippen LogP contribution is -2.38. The number of carbonyl (C=O) groups is 1. The molecule has 0 radical (unpaired) electrons. The van der Waals surface area contributed by atoms with Crippen molar-refractivity contribution in [1.29, 1.82) is 0 Å². The number of amides is 2. The average molecular weight is 346 g/mol. The molecule has 5 nitrogen and oxygen atoms in total. The van der Waals surface area contributed by atoms with Crippen molar-refractivity contribution in [2.75, 3.05) is 18.6 Å². The van der Waals surface area contributed by atoms with Crippen LogP contribution in [0.4, 0.5) is 4.79 Å². The molecule has 128 valence electrons. The minimum atomic E-state index is -0.919. The molecule has 2 aromatic carbocycles. The van der Waals surface area contributed by atoms with Crippen molar-refractivity contribution in [2.24, 2.45) is 0 Å². The highest BCUT2D eigenvalue weighted by Crippen LogP contribution is 2.29. The van der Waals surface area contributed by atoms with Gasteiger partial charge in [0.05, 0.1) is 6.04 Å². The van der Waals surface area contributed by atoms with Crippen LogP contribution >= 0.6 is 0 Å². The third-order valence-electron chi connectivity index (χ3n) is 3.38. The van der Waals surface area contributed by atoms with Gasteiger partial charge in [-0.3, -0.25) is 4.21 Å². The summed E-state index contributed by atoms with van der Waals surface area (Å²) in [7, 11) is -0.919. The van der Waals surface area contributed by atoms with Crippen molar-refractivity contribution in [1.82, 2.24) is 10.6 Å². The van der Waals surface area contributed by atoms with E-state index in [0.29, 0.717) is 18.0 Å². The zero-order chi connectivity index (χ0) is 17.4. The zero-order valence-corrected chi connectivity index (χ0v) is 14.6. The van der Waals surface area contributed by atoms with E-state index in [0.717, 1.165) is 11.3 Å². The maximum Gasteiger partial charge on any atom is 0.315 e. The van der Waals surface area contributed by atoms with Gasteiger partial charge < -0.3 is 15.4 Å². The Morgan fingerprint density at radius 1 is 1.12 bits per heavy atom. The number of ether oxygens (including phenoxy) is 1. The molecule has 2 atom stereocenters. The van der Waals surface area contributed by atoms with E-state index in [1.54, 1.807) is 6.26 Å². The van der Waals surface area contributed by atoms with Gasteiger partial charge in [0.15, 0.2) is 0 Å². The van der Waals surface area contributed by atoms with Crippen LogP contribution in [-0.2, 0) is 10.8 Å². The van der Waals surface area contributed by atoms with Crippen LogP contribution in [0.3, 0.4) is 0 Å². The van der Waals surface area contributed by atoms with E-state index >= 15 is 0 Å². The van der Waals surface area contributed by atoms with Crippen molar-refractivity contribution >= 4 is 16.8 Å². The first-order chi connectivity index (χ1) is 11.6. The number of nitrogens with one attached hydrogen (secondary N) is 2. The number of rotatable bonds is 7. The first kappa shape index (κ1) is 18.0. The molecule has 2 amide bonds. The Bertz CT molecular complexity index is 692. The summed E-state index contributed by atoms with van der Waals surface area (Å²) in [6.45, 7) is 2.27. The molecule has 0 aliphatic rings. The topological polar surface area (TPSA) is 67.4 Å². The lowest BCUT2D eigenvalue weighted by atomic mass is 10.1. The first-order valence-corrected chi connectivity index (χ1v) is 9.45. The molecule has 2 N–H and O–H groups in total. The van der Waals surface area contributed by atoms with Gasteiger partial charge in [0.1, 0.15) is 11.5 Å². The summed E-state index contributed by atoms with van der Waals surface area (Å²) in [5.41, 5.74) is 0.885. The van der Waals surface area contributed by atoms with Gasteiger partial charge in [-0.15, -0.1) is 0 Å². The monoisotopic (exact) mass is 346 g/mol. The minimum Gasteiger partial charge on any atom is -0.457 e. The summed E-state index contributed by atoms with van der Waals surface area (Å²) in [5.74, 6) is 1.88. The standard InChI is InChI=1S/C18H22N2O3S/c1-14(20-18(21)19-12-13-24(2)22)16-10-6-7-11-17(16)23-15-8-4-3-5-9-15/h3-11,14H,12-13H2,1-2H3,(H2,19,20,21)/t14-,24-/m0/s1. The predicted molar refractivity (Wildman–Crippen MR) is 96.8 cm³/mol. The van der Waals surface area contributed by atoms with Crippen LogP contribution in [-0.4, -0.2) is 28.8 Å². The molecule has 2 rings (SSSR count). The summed E-state index contributed by atoms with van der Waals surface area (Å²) < 4.78 is 16.9. The Balaban J connectivity index is 2.00. The van der Waals surface area contributed by atoms with E-state index in [2.05, 4.69) is 10.6 Å². The number of carbonyl (C=O) groups excluding carboxylic acids is 1. The minimum absolute atomic E-state index is 0.225. The first-order valence-electron chi connectivity index (χ1n) is 7.72. The van der Waals surface area contributed by atoms with Gasteiger partial charge in [0.25, 0.3) is 0 Å². The maximum atomic E-state index is 11.9. The smallest absolute Gasteiger partial charge is 0.315 e. The average Bonchev–Trinajstić information content (AvgIpc) is 2.56. The quantitative estimate of drug-likeness (QED) is 0.809. The predicted octanol–water partition coefficient (Wildman–Crippen LogP) is 3.22. The highest BCUT2D eigenvalue weighted by molar-refractivity contribution is 7.84. The largest absolute Gasteiger partial charge is 0.457 e. The van der Waals surface area contributed by atoms with Crippen LogP contribution in [0.25, 0.3) is 0 Å². The van der Waals surface area contributed by atoms with Crippen LogP contribution in [0.1, 0.15) is 18.5 Å². The number of urea groups is 1. The second kappa shape index (κ2) is 9.08. The molecular formula is C18H22N2O3S. The summed E-state index contributed by atoms with van der Waals surface area (Å²) in [6.07, 6.45) is 1.61. The fourth-order valence-electron chi connectivity index (χ4n) is 2.18. The van der Waals surface area contributed by atoms with E-state index in [4.69, 9.17) is 4.74 Å². The molecule has 0 bridgehead atoms. The van der Waals surface area contributed by atoms with Crippen LogP contribution in [0.5, 0.6) is 11.5 Å². The summed E-state index contributed by atoms with van der Waals surface area (Å²) in [5, 5.41) is 5.57. The Morgan fingerprint density at radius 2 is 1.79 bits per heavy atom. The lowest BCUT2D eigenvalue weighted by molar-refractivity contribution is 0.238. The Morgan fingerprint density at radius 3 is 2.50 bits per heavy atom. The third-order valence-corrected chi connectivity index (χ3v) is 4.16. The Hall–Kier alpha value is -2.34. The van der Waals surface area contributed by atoms with Crippen LogP contribution < -0.4 is 15.4 Å². The fraction of sp³-hybridized carbons (Fsp3) is 0.278. The summed E-state index contributed by atoms with van der Waals surface area (Å²) in [4.78, 5) is 11.9. The molecule has 2 aromatic rings. The van der Waals surface area contributed by atoms with Gasteiger partial charge in [0.2, 0.25) is 0 Å².